The van der Waals surface area contributed by atoms with Gasteiger partial charge in [0.15, 0.2) is 0 Å². The Morgan fingerprint density at radius 3 is 2.90 bits per heavy atom. The van der Waals surface area contributed by atoms with Crippen molar-refractivity contribution in [2.75, 3.05) is 0 Å². The van der Waals surface area contributed by atoms with Crippen molar-refractivity contribution in [3.05, 3.63) is 41.0 Å². The van der Waals surface area contributed by atoms with E-state index in [1.165, 1.54) is 36.1 Å². The van der Waals surface area contributed by atoms with E-state index in [0.717, 1.165) is 12.0 Å². The first-order chi connectivity index (χ1) is 9.72. The van der Waals surface area contributed by atoms with Crippen LogP contribution in [0.25, 0.3) is 10.4 Å². The minimum Gasteiger partial charge on any atom is -0.477 e. The van der Waals surface area contributed by atoms with Crippen LogP contribution in [0, 0.1) is 0 Å². The molecule has 106 valence electrons. The zero-order valence-electron chi connectivity index (χ0n) is 11.6. The van der Waals surface area contributed by atoms with Crippen molar-refractivity contribution in [2.24, 2.45) is 0 Å². The predicted octanol–water partition coefficient (Wildman–Crippen LogP) is 4.63. The molecule has 0 spiro atoms. The van der Waals surface area contributed by atoms with Gasteiger partial charge in [0.25, 0.3) is 0 Å². The van der Waals surface area contributed by atoms with Crippen molar-refractivity contribution in [2.45, 2.75) is 39.0 Å². The molecule has 2 heterocycles. The van der Waals surface area contributed by atoms with Crippen LogP contribution < -0.4 is 0 Å². The average molecular weight is 289 g/mol. The molecule has 0 aliphatic carbocycles. The molecule has 0 saturated carbocycles. The number of aromatic carboxylic acids is 1. The largest absolute Gasteiger partial charge is 0.477 e. The van der Waals surface area contributed by atoms with Crippen LogP contribution in [0.2, 0.25) is 0 Å². The summed E-state index contributed by atoms with van der Waals surface area (Å²) in [5, 5.41) is 11.1. The highest BCUT2D eigenvalue weighted by molar-refractivity contribution is 7.13. The average Bonchev–Trinajstić information content (AvgIpc) is 2.92. The lowest BCUT2D eigenvalue weighted by Gasteiger charge is -2.05. The van der Waals surface area contributed by atoms with Gasteiger partial charge in [-0.15, -0.1) is 11.3 Å². The monoisotopic (exact) mass is 289 g/mol. The second-order valence-electron chi connectivity index (χ2n) is 4.82. The van der Waals surface area contributed by atoms with Crippen LogP contribution in [0.4, 0.5) is 0 Å². The zero-order valence-corrected chi connectivity index (χ0v) is 12.4. The van der Waals surface area contributed by atoms with E-state index in [0.29, 0.717) is 0 Å². The lowest BCUT2D eigenvalue weighted by Crippen LogP contribution is -1.99. The molecule has 4 heteroatoms. The maximum Gasteiger partial charge on any atom is 0.354 e. The van der Waals surface area contributed by atoms with Crippen molar-refractivity contribution in [3.8, 4) is 10.4 Å². The molecule has 2 rings (SSSR count). The van der Waals surface area contributed by atoms with Gasteiger partial charge in [-0.25, -0.2) is 9.78 Å². The van der Waals surface area contributed by atoms with Crippen LogP contribution in [-0.2, 0) is 6.42 Å². The Bertz CT molecular complexity index is 577. The normalized spacial score (nSPS) is 10.7. The van der Waals surface area contributed by atoms with Gasteiger partial charge in [0.05, 0.1) is 0 Å². The number of hydrogen-bond acceptors (Lipinski definition) is 3. The number of pyridine rings is 1. The van der Waals surface area contributed by atoms with Crippen LogP contribution in [0.3, 0.4) is 0 Å². The Kier molecular flexibility index (Phi) is 5.30. The lowest BCUT2D eigenvalue weighted by atomic mass is 10.0. The Morgan fingerprint density at radius 1 is 1.30 bits per heavy atom. The summed E-state index contributed by atoms with van der Waals surface area (Å²) in [6.07, 6.45) is 7.58. The zero-order chi connectivity index (χ0) is 14.4. The first kappa shape index (κ1) is 14.7. The van der Waals surface area contributed by atoms with Gasteiger partial charge >= 0.3 is 5.97 Å². The van der Waals surface area contributed by atoms with E-state index >= 15 is 0 Å². The molecule has 1 N–H and O–H groups in total. The minimum absolute atomic E-state index is 0.104. The molecule has 2 aromatic heterocycles. The summed E-state index contributed by atoms with van der Waals surface area (Å²) in [5.41, 5.74) is 2.37. The molecule has 20 heavy (non-hydrogen) atoms. The second-order valence-corrected chi connectivity index (χ2v) is 5.74. The summed E-state index contributed by atoms with van der Waals surface area (Å²) in [7, 11) is 0. The molecular weight excluding hydrogens is 270 g/mol. The molecule has 0 bridgehead atoms. The molecule has 0 saturated heterocycles. The number of carbonyl (C=O) groups is 1. The van der Waals surface area contributed by atoms with Gasteiger partial charge < -0.3 is 5.11 Å². The Hall–Kier alpha value is -1.68. The van der Waals surface area contributed by atoms with E-state index < -0.39 is 5.97 Å². The number of thiophene rings is 1. The number of aryl methyl sites for hydroxylation is 1. The van der Waals surface area contributed by atoms with E-state index in [4.69, 9.17) is 5.11 Å². The molecule has 0 aliphatic rings. The summed E-state index contributed by atoms with van der Waals surface area (Å²) in [6.45, 7) is 2.21. The molecule has 0 radical (unpaired) electrons. The molecule has 0 aromatic carbocycles. The summed E-state index contributed by atoms with van der Waals surface area (Å²) >= 11 is 1.67. The van der Waals surface area contributed by atoms with Crippen molar-refractivity contribution < 1.29 is 9.90 Å². The fourth-order valence-electron chi connectivity index (χ4n) is 2.22. The number of nitrogens with zero attached hydrogens (tertiary/aromatic N) is 1. The minimum atomic E-state index is -0.979. The van der Waals surface area contributed by atoms with E-state index in [1.807, 2.05) is 6.07 Å². The van der Waals surface area contributed by atoms with Crippen LogP contribution >= 0.6 is 11.3 Å². The SMILES string of the molecule is CCCCCCc1ccsc1-c1ccnc(C(=O)O)c1. The van der Waals surface area contributed by atoms with Crippen molar-refractivity contribution in [3.63, 3.8) is 0 Å². The summed E-state index contributed by atoms with van der Waals surface area (Å²) in [6, 6.07) is 5.68. The van der Waals surface area contributed by atoms with Gasteiger partial charge in [0.2, 0.25) is 0 Å². The van der Waals surface area contributed by atoms with Crippen LogP contribution in [0.1, 0.15) is 48.7 Å². The van der Waals surface area contributed by atoms with Gasteiger partial charge in [-0.05, 0) is 47.5 Å². The highest BCUT2D eigenvalue weighted by Gasteiger charge is 2.10. The van der Waals surface area contributed by atoms with Gasteiger partial charge in [-0.2, -0.15) is 0 Å². The van der Waals surface area contributed by atoms with Gasteiger partial charge in [0.1, 0.15) is 5.69 Å². The fraction of sp³-hybridized carbons (Fsp3) is 0.375. The predicted molar refractivity (Wildman–Crippen MR) is 82.4 cm³/mol. The first-order valence-corrected chi connectivity index (χ1v) is 7.86. The third-order valence-electron chi connectivity index (χ3n) is 3.29. The third kappa shape index (κ3) is 3.67. The summed E-state index contributed by atoms with van der Waals surface area (Å²) < 4.78 is 0. The fourth-order valence-corrected chi connectivity index (χ4v) is 3.17. The number of carboxylic acids is 1. The van der Waals surface area contributed by atoms with Crippen molar-refractivity contribution in [1.29, 1.82) is 0 Å². The van der Waals surface area contributed by atoms with Crippen molar-refractivity contribution >= 4 is 17.3 Å². The van der Waals surface area contributed by atoms with Gasteiger partial charge in [-0.1, -0.05) is 26.2 Å². The Morgan fingerprint density at radius 2 is 2.15 bits per heavy atom. The lowest BCUT2D eigenvalue weighted by molar-refractivity contribution is 0.0690. The van der Waals surface area contributed by atoms with E-state index in [1.54, 1.807) is 23.6 Å². The topological polar surface area (TPSA) is 50.2 Å². The number of carboxylic acid groups (broad SMARTS) is 1. The molecule has 0 unspecified atom stereocenters. The number of aromatic nitrogens is 1. The second kappa shape index (κ2) is 7.20. The number of rotatable bonds is 7. The Labute approximate surface area is 123 Å². The molecule has 0 aliphatic heterocycles. The standard InChI is InChI=1S/C16H19NO2S/c1-2-3-4-5-6-12-8-10-20-15(12)13-7-9-17-14(11-13)16(18)19/h7-11H,2-6H2,1H3,(H,18,19). The third-order valence-corrected chi connectivity index (χ3v) is 4.29. The smallest absolute Gasteiger partial charge is 0.354 e. The molecule has 2 aromatic rings. The number of unbranched alkanes of at least 4 members (excludes halogenated alkanes) is 3. The molecule has 0 fully saturated rings. The molecule has 0 amide bonds. The first-order valence-electron chi connectivity index (χ1n) is 6.98. The summed E-state index contributed by atoms with van der Waals surface area (Å²) in [5.74, 6) is -0.979. The number of hydrogen-bond donors (Lipinski definition) is 1. The van der Waals surface area contributed by atoms with E-state index in [9.17, 15) is 4.79 Å². The van der Waals surface area contributed by atoms with Gasteiger partial charge in [-0.3, -0.25) is 0 Å². The highest BCUT2D eigenvalue weighted by Crippen LogP contribution is 2.31. The molecular formula is C16H19NO2S. The van der Waals surface area contributed by atoms with Crippen LogP contribution in [0.15, 0.2) is 29.8 Å². The van der Waals surface area contributed by atoms with E-state index in [2.05, 4.69) is 23.4 Å². The maximum absolute atomic E-state index is 11.0. The van der Waals surface area contributed by atoms with Crippen LogP contribution in [-0.4, -0.2) is 16.1 Å². The highest BCUT2D eigenvalue weighted by atomic mass is 32.1. The maximum atomic E-state index is 11.0. The quantitative estimate of drug-likeness (QED) is 0.756. The van der Waals surface area contributed by atoms with Crippen LogP contribution in [0.5, 0.6) is 0 Å². The van der Waals surface area contributed by atoms with Gasteiger partial charge in [0, 0.05) is 11.1 Å². The molecule has 3 nitrogen and oxygen atoms in total. The van der Waals surface area contributed by atoms with E-state index in [-0.39, 0.29) is 5.69 Å². The van der Waals surface area contributed by atoms with Crippen molar-refractivity contribution in [1.82, 2.24) is 4.98 Å². The molecule has 0 atom stereocenters. The summed E-state index contributed by atoms with van der Waals surface area (Å²) in [4.78, 5) is 16.0. The Balaban J connectivity index is 2.14.